The molecule has 0 radical (unpaired) electrons. The second-order valence-electron chi connectivity index (χ2n) is 8.87. The number of carbonyl (C=O) groups excluding carboxylic acids is 3. The highest BCUT2D eigenvalue weighted by Crippen LogP contribution is 2.41. The van der Waals surface area contributed by atoms with Gasteiger partial charge in [-0.05, 0) is 42.0 Å². The molecule has 6 rings (SSSR count). The number of furan rings is 1. The number of benzene rings is 2. The fraction of sp³-hybridized carbons (Fsp3) is 0.269. The van der Waals surface area contributed by atoms with Gasteiger partial charge < -0.3 is 14.6 Å². The lowest BCUT2D eigenvalue weighted by molar-refractivity contribution is -0.139. The minimum atomic E-state index is -1.05. The van der Waals surface area contributed by atoms with Crippen LogP contribution in [0.4, 0.5) is 4.79 Å². The van der Waals surface area contributed by atoms with Crippen molar-refractivity contribution in [2.24, 2.45) is 0 Å². The molecule has 1 fully saturated rings. The van der Waals surface area contributed by atoms with E-state index < -0.39 is 11.6 Å². The van der Waals surface area contributed by atoms with Crippen molar-refractivity contribution in [2.75, 3.05) is 13.1 Å². The van der Waals surface area contributed by atoms with Gasteiger partial charge in [0.2, 0.25) is 5.91 Å². The Morgan fingerprint density at radius 3 is 2.64 bits per heavy atom. The SMILES string of the molecule is O=C(CN1C(=O)NC2(CCc3ccccc32)C1=O)N1CCc2cc(-c3ccccc3)oc2C1. The molecule has 1 N–H and O–H groups in total. The highest BCUT2D eigenvalue weighted by molar-refractivity contribution is 6.09. The van der Waals surface area contributed by atoms with Gasteiger partial charge in [0, 0.05) is 12.1 Å². The number of nitrogens with one attached hydrogen (secondary N) is 1. The van der Waals surface area contributed by atoms with E-state index in [0.29, 0.717) is 25.9 Å². The third kappa shape index (κ3) is 3.07. The highest BCUT2D eigenvalue weighted by atomic mass is 16.3. The van der Waals surface area contributed by atoms with Crippen molar-refractivity contribution in [1.82, 2.24) is 15.1 Å². The topological polar surface area (TPSA) is 82.9 Å². The highest BCUT2D eigenvalue weighted by Gasteiger charge is 2.55. The van der Waals surface area contributed by atoms with Crippen molar-refractivity contribution in [3.8, 4) is 11.3 Å². The maximum absolute atomic E-state index is 13.3. The van der Waals surface area contributed by atoms with E-state index in [1.165, 1.54) is 0 Å². The summed E-state index contributed by atoms with van der Waals surface area (Å²) >= 11 is 0. The van der Waals surface area contributed by atoms with Gasteiger partial charge in [-0.3, -0.25) is 14.5 Å². The standard InChI is InChI=1S/C26H23N3O4/c30-23(28-13-11-19-14-21(33-22(19)15-28)18-7-2-1-3-8-18)16-29-24(31)26(27-25(29)32)12-10-17-6-4-5-9-20(17)26/h1-9,14H,10-13,15-16H2,(H,27,32). The number of hydrogen-bond donors (Lipinski definition) is 1. The van der Waals surface area contributed by atoms with Gasteiger partial charge in [-0.15, -0.1) is 0 Å². The normalized spacial score (nSPS) is 21.3. The quantitative estimate of drug-likeness (QED) is 0.633. The zero-order valence-electron chi connectivity index (χ0n) is 18.0. The molecule has 2 aliphatic heterocycles. The van der Waals surface area contributed by atoms with E-state index in [1.54, 1.807) is 4.90 Å². The third-order valence-corrected chi connectivity index (χ3v) is 7.01. The fourth-order valence-corrected chi connectivity index (χ4v) is 5.25. The number of nitrogens with zero attached hydrogens (tertiary/aromatic N) is 2. The van der Waals surface area contributed by atoms with E-state index in [1.807, 2.05) is 60.7 Å². The lowest BCUT2D eigenvalue weighted by Crippen LogP contribution is -2.46. The van der Waals surface area contributed by atoms with Gasteiger partial charge >= 0.3 is 6.03 Å². The number of imide groups is 1. The molecule has 33 heavy (non-hydrogen) atoms. The first kappa shape index (κ1) is 19.8. The van der Waals surface area contributed by atoms with Crippen LogP contribution in [0.15, 0.2) is 65.1 Å². The first-order valence-electron chi connectivity index (χ1n) is 11.2. The Balaban J connectivity index is 1.18. The summed E-state index contributed by atoms with van der Waals surface area (Å²) in [6.07, 6.45) is 1.92. The van der Waals surface area contributed by atoms with Crippen LogP contribution in [-0.2, 0) is 34.5 Å². The first-order valence-corrected chi connectivity index (χ1v) is 11.2. The van der Waals surface area contributed by atoms with E-state index in [9.17, 15) is 14.4 Å². The smallest absolute Gasteiger partial charge is 0.325 e. The number of fused-ring (bicyclic) bond motifs is 3. The van der Waals surface area contributed by atoms with Crippen LogP contribution in [0.2, 0.25) is 0 Å². The molecule has 1 spiro atoms. The molecule has 166 valence electrons. The van der Waals surface area contributed by atoms with Crippen molar-refractivity contribution in [2.45, 2.75) is 31.3 Å². The molecule has 7 heteroatoms. The first-order chi connectivity index (χ1) is 16.0. The van der Waals surface area contributed by atoms with Crippen LogP contribution < -0.4 is 5.32 Å². The predicted octanol–water partition coefficient (Wildman–Crippen LogP) is 3.22. The molecule has 1 saturated heterocycles. The van der Waals surface area contributed by atoms with Crippen molar-refractivity contribution >= 4 is 17.8 Å². The Hall–Kier alpha value is -3.87. The Labute approximate surface area is 191 Å². The van der Waals surface area contributed by atoms with Gasteiger partial charge in [0.15, 0.2) is 0 Å². The van der Waals surface area contributed by atoms with Crippen LogP contribution in [-0.4, -0.2) is 40.7 Å². The van der Waals surface area contributed by atoms with Crippen molar-refractivity contribution in [1.29, 1.82) is 0 Å². The number of urea groups is 1. The molecular weight excluding hydrogens is 418 g/mol. The zero-order valence-corrected chi connectivity index (χ0v) is 18.0. The van der Waals surface area contributed by atoms with Crippen molar-refractivity contribution in [3.05, 3.63) is 83.1 Å². The number of aryl methyl sites for hydroxylation is 1. The average Bonchev–Trinajstić information content (AvgIpc) is 3.50. The van der Waals surface area contributed by atoms with E-state index >= 15 is 0 Å². The Kier molecular flexibility index (Phi) is 4.40. The van der Waals surface area contributed by atoms with E-state index in [2.05, 4.69) is 5.32 Å². The second kappa shape index (κ2) is 7.33. The van der Waals surface area contributed by atoms with Gasteiger partial charge in [0.25, 0.3) is 5.91 Å². The zero-order chi connectivity index (χ0) is 22.6. The van der Waals surface area contributed by atoms with Crippen LogP contribution in [0.3, 0.4) is 0 Å². The molecule has 1 atom stereocenters. The van der Waals surface area contributed by atoms with Crippen LogP contribution in [0.25, 0.3) is 11.3 Å². The van der Waals surface area contributed by atoms with Crippen molar-refractivity contribution in [3.63, 3.8) is 0 Å². The molecule has 3 aromatic rings. The van der Waals surface area contributed by atoms with Gasteiger partial charge in [0.1, 0.15) is 23.6 Å². The molecule has 2 aromatic carbocycles. The molecule has 1 aromatic heterocycles. The minimum Gasteiger partial charge on any atom is -0.459 e. The summed E-state index contributed by atoms with van der Waals surface area (Å²) in [7, 11) is 0. The largest absolute Gasteiger partial charge is 0.459 e. The second-order valence-corrected chi connectivity index (χ2v) is 8.87. The molecule has 1 aliphatic carbocycles. The summed E-state index contributed by atoms with van der Waals surface area (Å²) in [6, 6.07) is 19.0. The van der Waals surface area contributed by atoms with Gasteiger partial charge in [0.05, 0.1) is 6.54 Å². The number of hydrogen-bond acceptors (Lipinski definition) is 4. The Morgan fingerprint density at radius 2 is 1.79 bits per heavy atom. The third-order valence-electron chi connectivity index (χ3n) is 7.01. The molecule has 3 heterocycles. The van der Waals surface area contributed by atoms with E-state index in [0.717, 1.165) is 45.1 Å². The monoisotopic (exact) mass is 441 g/mol. The summed E-state index contributed by atoms with van der Waals surface area (Å²) in [5.41, 5.74) is 2.94. The predicted molar refractivity (Wildman–Crippen MR) is 120 cm³/mol. The summed E-state index contributed by atoms with van der Waals surface area (Å²) in [5, 5.41) is 2.88. The van der Waals surface area contributed by atoms with Crippen LogP contribution in [0, 0.1) is 0 Å². The molecule has 4 amide bonds. The maximum atomic E-state index is 13.3. The summed E-state index contributed by atoms with van der Waals surface area (Å²) in [6.45, 7) is 0.589. The summed E-state index contributed by atoms with van der Waals surface area (Å²) < 4.78 is 6.05. The van der Waals surface area contributed by atoms with Gasteiger partial charge in [-0.2, -0.15) is 0 Å². The molecule has 1 unspecified atom stereocenters. The van der Waals surface area contributed by atoms with Crippen LogP contribution >= 0.6 is 0 Å². The fourth-order valence-electron chi connectivity index (χ4n) is 5.25. The van der Waals surface area contributed by atoms with E-state index in [-0.39, 0.29) is 18.4 Å². The minimum absolute atomic E-state index is 0.259. The molecule has 0 saturated carbocycles. The van der Waals surface area contributed by atoms with Crippen LogP contribution in [0.5, 0.6) is 0 Å². The lowest BCUT2D eigenvalue weighted by atomic mass is 9.92. The Bertz CT molecular complexity index is 1280. The van der Waals surface area contributed by atoms with Gasteiger partial charge in [-0.1, -0.05) is 54.6 Å². The van der Waals surface area contributed by atoms with Crippen LogP contribution in [0.1, 0.15) is 28.9 Å². The summed E-state index contributed by atoms with van der Waals surface area (Å²) in [5.74, 6) is 0.940. The van der Waals surface area contributed by atoms with Crippen molar-refractivity contribution < 1.29 is 18.8 Å². The number of carbonyl (C=O) groups is 3. The van der Waals surface area contributed by atoms with Gasteiger partial charge in [-0.25, -0.2) is 4.79 Å². The molecule has 3 aliphatic rings. The summed E-state index contributed by atoms with van der Waals surface area (Å²) in [4.78, 5) is 41.9. The average molecular weight is 441 g/mol. The number of rotatable bonds is 3. The molecule has 7 nitrogen and oxygen atoms in total. The molecular formula is C26H23N3O4. The number of amides is 4. The Morgan fingerprint density at radius 1 is 1.00 bits per heavy atom. The maximum Gasteiger partial charge on any atom is 0.325 e. The molecule has 0 bridgehead atoms. The van der Waals surface area contributed by atoms with E-state index in [4.69, 9.17) is 4.42 Å². The lowest BCUT2D eigenvalue weighted by Gasteiger charge is -2.27.